The molecule has 1 heterocycles. The number of nitrogens with zero attached hydrogens (tertiary/aromatic N) is 4. The fourth-order valence-electron chi connectivity index (χ4n) is 2.29. The lowest BCUT2D eigenvalue weighted by Gasteiger charge is -2.11. The van der Waals surface area contributed by atoms with Gasteiger partial charge in [0.05, 0.1) is 17.9 Å². The third kappa shape index (κ3) is 3.41. The van der Waals surface area contributed by atoms with Gasteiger partial charge in [-0.3, -0.25) is 4.79 Å². The van der Waals surface area contributed by atoms with Crippen LogP contribution in [0.1, 0.15) is 25.1 Å². The highest BCUT2D eigenvalue weighted by atomic mass is 32.2. The molecule has 1 aromatic heterocycles. The molecule has 0 unspecified atom stereocenters. The summed E-state index contributed by atoms with van der Waals surface area (Å²) < 4.78 is 1.73. The number of carbonyl (C=O) groups is 1. The average molecular weight is 304 g/mol. The van der Waals surface area contributed by atoms with Crippen LogP contribution in [-0.4, -0.2) is 37.0 Å². The van der Waals surface area contributed by atoms with E-state index in [2.05, 4.69) is 15.5 Å². The van der Waals surface area contributed by atoms with E-state index in [-0.39, 0.29) is 11.8 Å². The molecule has 0 spiro atoms. The van der Waals surface area contributed by atoms with E-state index in [1.54, 1.807) is 16.4 Å². The highest BCUT2D eigenvalue weighted by Crippen LogP contribution is 2.51. The van der Waals surface area contributed by atoms with Crippen LogP contribution >= 0.6 is 11.8 Å². The molecule has 3 rings (SSSR count). The van der Waals surface area contributed by atoms with Gasteiger partial charge in [-0.15, -0.1) is 5.10 Å². The molecule has 0 atom stereocenters. The predicted molar refractivity (Wildman–Crippen MR) is 79.2 cm³/mol. The molecule has 1 aliphatic rings. The number of aliphatic carboxylic acids is 1. The van der Waals surface area contributed by atoms with Gasteiger partial charge in [0.1, 0.15) is 0 Å². The van der Waals surface area contributed by atoms with E-state index in [0.717, 1.165) is 30.1 Å². The van der Waals surface area contributed by atoms with Crippen LogP contribution in [0.5, 0.6) is 0 Å². The molecule has 2 aromatic rings. The Hall–Kier alpha value is -1.89. The van der Waals surface area contributed by atoms with Crippen LogP contribution in [0.15, 0.2) is 30.3 Å². The second-order valence-corrected chi connectivity index (χ2v) is 6.39. The molecule has 0 radical (unpaired) electrons. The van der Waals surface area contributed by atoms with Crippen molar-refractivity contribution in [2.75, 3.05) is 5.75 Å². The van der Waals surface area contributed by atoms with Crippen LogP contribution < -0.4 is 0 Å². The minimum atomic E-state index is -0.706. The molecule has 7 heteroatoms. The third-order valence-electron chi connectivity index (χ3n) is 3.66. The van der Waals surface area contributed by atoms with Crippen molar-refractivity contribution in [3.8, 4) is 5.69 Å². The quantitative estimate of drug-likeness (QED) is 0.844. The van der Waals surface area contributed by atoms with Crippen molar-refractivity contribution >= 4 is 17.7 Å². The summed E-state index contributed by atoms with van der Waals surface area (Å²) in [6.45, 7) is 0. The number of benzene rings is 1. The lowest BCUT2D eigenvalue weighted by Crippen LogP contribution is -2.11. The summed E-state index contributed by atoms with van der Waals surface area (Å²) >= 11 is 1.70. The van der Waals surface area contributed by atoms with Gasteiger partial charge in [0.25, 0.3) is 0 Å². The Labute approximate surface area is 126 Å². The summed E-state index contributed by atoms with van der Waals surface area (Å²) in [4.78, 5) is 10.8. The first-order chi connectivity index (χ1) is 10.2. The summed E-state index contributed by atoms with van der Waals surface area (Å²) in [6.07, 6.45) is 2.29. The van der Waals surface area contributed by atoms with Crippen molar-refractivity contribution in [1.29, 1.82) is 0 Å². The highest BCUT2D eigenvalue weighted by Gasteiger charge is 2.44. The molecule has 110 valence electrons. The van der Waals surface area contributed by atoms with Crippen molar-refractivity contribution in [2.24, 2.45) is 5.41 Å². The Kier molecular flexibility index (Phi) is 3.92. The Morgan fingerprint density at radius 2 is 2.10 bits per heavy atom. The first kappa shape index (κ1) is 14.1. The zero-order valence-electron chi connectivity index (χ0n) is 11.5. The minimum Gasteiger partial charge on any atom is -0.481 e. The number of aromatic nitrogens is 4. The standard InChI is InChI=1S/C14H16N4O2S/c19-13(20)8-14(6-7-14)10-21-9-12-15-16-17-18(12)11-4-2-1-3-5-11/h1-5H,6-10H2,(H,19,20). The molecule has 0 bridgehead atoms. The molecule has 0 amide bonds. The van der Waals surface area contributed by atoms with E-state index in [1.807, 2.05) is 30.3 Å². The van der Waals surface area contributed by atoms with Crippen LogP contribution in [0.25, 0.3) is 5.69 Å². The fourth-order valence-corrected chi connectivity index (χ4v) is 3.58. The van der Waals surface area contributed by atoms with E-state index in [1.165, 1.54) is 0 Å². The van der Waals surface area contributed by atoms with Crippen molar-refractivity contribution in [2.45, 2.75) is 25.0 Å². The monoisotopic (exact) mass is 304 g/mol. The van der Waals surface area contributed by atoms with Crippen LogP contribution in [-0.2, 0) is 10.5 Å². The van der Waals surface area contributed by atoms with Gasteiger partial charge in [0, 0.05) is 0 Å². The van der Waals surface area contributed by atoms with Crippen LogP contribution in [0.3, 0.4) is 0 Å². The van der Waals surface area contributed by atoms with Crippen molar-refractivity contribution in [3.05, 3.63) is 36.2 Å². The fraction of sp³-hybridized carbons (Fsp3) is 0.429. The maximum atomic E-state index is 10.8. The number of para-hydroxylation sites is 1. The first-order valence-corrected chi connectivity index (χ1v) is 7.96. The second-order valence-electron chi connectivity index (χ2n) is 5.41. The maximum Gasteiger partial charge on any atom is 0.303 e. The summed E-state index contributed by atoms with van der Waals surface area (Å²) in [7, 11) is 0. The Balaban J connectivity index is 1.60. The van der Waals surface area contributed by atoms with E-state index in [4.69, 9.17) is 5.11 Å². The van der Waals surface area contributed by atoms with Crippen molar-refractivity contribution < 1.29 is 9.90 Å². The van der Waals surface area contributed by atoms with Gasteiger partial charge in [-0.1, -0.05) is 18.2 Å². The average Bonchev–Trinajstić information content (AvgIpc) is 3.06. The molecule has 1 aliphatic carbocycles. The molecular weight excluding hydrogens is 288 g/mol. The van der Waals surface area contributed by atoms with Gasteiger partial charge in [0.15, 0.2) is 5.82 Å². The molecule has 21 heavy (non-hydrogen) atoms. The second kappa shape index (κ2) is 5.85. The number of carboxylic acid groups (broad SMARTS) is 1. The molecular formula is C14H16N4O2S. The summed E-state index contributed by atoms with van der Waals surface area (Å²) in [6, 6.07) is 9.75. The zero-order chi connectivity index (χ0) is 14.7. The summed E-state index contributed by atoms with van der Waals surface area (Å²) in [5.74, 6) is 1.61. The molecule has 0 aliphatic heterocycles. The van der Waals surface area contributed by atoms with Gasteiger partial charge in [0.2, 0.25) is 0 Å². The molecule has 1 aromatic carbocycles. The smallest absolute Gasteiger partial charge is 0.303 e. The largest absolute Gasteiger partial charge is 0.481 e. The van der Waals surface area contributed by atoms with Gasteiger partial charge in [-0.2, -0.15) is 16.4 Å². The van der Waals surface area contributed by atoms with Crippen LogP contribution in [0.4, 0.5) is 0 Å². The maximum absolute atomic E-state index is 10.8. The Morgan fingerprint density at radius 3 is 2.76 bits per heavy atom. The van der Waals surface area contributed by atoms with Crippen LogP contribution in [0.2, 0.25) is 0 Å². The molecule has 1 saturated carbocycles. The minimum absolute atomic E-state index is 0.00151. The van der Waals surface area contributed by atoms with E-state index in [9.17, 15) is 4.79 Å². The van der Waals surface area contributed by atoms with Gasteiger partial charge in [-0.25, -0.2) is 0 Å². The number of hydrogen-bond donors (Lipinski definition) is 1. The molecule has 6 nitrogen and oxygen atoms in total. The summed E-state index contributed by atoms with van der Waals surface area (Å²) in [5, 5.41) is 20.7. The van der Waals surface area contributed by atoms with E-state index >= 15 is 0 Å². The molecule has 0 saturated heterocycles. The topological polar surface area (TPSA) is 80.9 Å². The van der Waals surface area contributed by atoms with Gasteiger partial charge >= 0.3 is 5.97 Å². The normalized spacial score (nSPS) is 15.8. The van der Waals surface area contributed by atoms with Crippen LogP contribution in [0, 0.1) is 5.41 Å². The Bertz CT molecular complexity index is 625. The summed E-state index contributed by atoms with van der Waals surface area (Å²) in [5.41, 5.74) is 0.936. The lowest BCUT2D eigenvalue weighted by atomic mass is 10.1. The molecule has 1 N–H and O–H groups in total. The first-order valence-electron chi connectivity index (χ1n) is 6.81. The number of tetrazole rings is 1. The number of carboxylic acids is 1. The highest BCUT2D eigenvalue weighted by molar-refractivity contribution is 7.98. The van der Waals surface area contributed by atoms with Crippen molar-refractivity contribution in [3.63, 3.8) is 0 Å². The third-order valence-corrected chi connectivity index (χ3v) is 4.94. The predicted octanol–water partition coefficient (Wildman–Crippen LogP) is 2.15. The van der Waals surface area contributed by atoms with E-state index < -0.39 is 5.97 Å². The van der Waals surface area contributed by atoms with Gasteiger partial charge in [-0.05, 0) is 46.6 Å². The van der Waals surface area contributed by atoms with Gasteiger partial charge < -0.3 is 5.11 Å². The van der Waals surface area contributed by atoms with E-state index in [0.29, 0.717) is 5.75 Å². The van der Waals surface area contributed by atoms with Crippen molar-refractivity contribution in [1.82, 2.24) is 20.2 Å². The number of rotatable bonds is 7. The lowest BCUT2D eigenvalue weighted by molar-refractivity contribution is -0.138. The zero-order valence-corrected chi connectivity index (χ0v) is 12.3. The molecule has 1 fully saturated rings. The Morgan fingerprint density at radius 1 is 1.33 bits per heavy atom. The number of thioether (sulfide) groups is 1. The SMILES string of the molecule is O=C(O)CC1(CSCc2nnnn2-c2ccccc2)CC1. The number of hydrogen-bond acceptors (Lipinski definition) is 5.